The van der Waals surface area contributed by atoms with Crippen molar-refractivity contribution in [3.05, 3.63) is 105 Å². The van der Waals surface area contributed by atoms with Gasteiger partial charge in [0.25, 0.3) is 0 Å². The molecule has 0 radical (unpaired) electrons. The molecule has 0 bridgehead atoms. The van der Waals surface area contributed by atoms with Crippen LogP contribution >= 0.6 is 23.2 Å². The highest BCUT2D eigenvalue weighted by molar-refractivity contribution is 6.35. The molecule has 3 aliphatic rings. The zero-order chi connectivity index (χ0) is 35.2. The Morgan fingerprint density at radius 1 is 0.922 bits per heavy atom. The van der Waals surface area contributed by atoms with Gasteiger partial charge < -0.3 is 29.5 Å². The molecule has 0 unspecified atom stereocenters. The molecule has 10 heteroatoms. The quantitative estimate of drug-likeness (QED) is 0.125. The third-order valence-electron chi connectivity index (χ3n) is 10.3. The first-order valence-corrected chi connectivity index (χ1v) is 18.9. The largest absolute Gasteiger partial charge is 0.492 e. The number of halogens is 2. The maximum atomic E-state index is 10.6. The zero-order valence-corrected chi connectivity index (χ0v) is 30.3. The number of nitriles is 1. The Morgan fingerprint density at radius 2 is 1.76 bits per heavy atom. The highest BCUT2D eigenvalue weighted by Crippen LogP contribution is 2.45. The summed E-state index contributed by atoms with van der Waals surface area (Å²) in [6, 6.07) is 20.0. The van der Waals surface area contributed by atoms with E-state index >= 15 is 0 Å². The first-order valence-electron chi connectivity index (χ1n) is 18.1. The normalized spacial score (nSPS) is 19.9. The van der Waals surface area contributed by atoms with Crippen molar-refractivity contribution in [2.45, 2.75) is 82.8 Å². The number of aliphatic hydroxyl groups excluding tert-OH is 1. The van der Waals surface area contributed by atoms with Crippen LogP contribution in [0.15, 0.2) is 67.0 Å². The summed E-state index contributed by atoms with van der Waals surface area (Å²) in [4.78, 5) is 6.62. The maximum absolute atomic E-state index is 10.6. The Labute approximate surface area is 310 Å². The van der Waals surface area contributed by atoms with E-state index in [9.17, 15) is 10.4 Å². The van der Waals surface area contributed by atoms with Crippen molar-refractivity contribution < 1.29 is 19.3 Å². The smallest absolute Gasteiger partial charge is 0.142 e. The minimum absolute atomic E-state index is 0.0120. The van der Waals surface area contributed by atoms with Crippen LogP contribution in [0.1, 0.15) is 78.9 Å². The van der Waals surface area contributed by atoms with Crippen LogP contribution in [0.3, 0.4) is 0 Å². The van der Waals surface area contributed by atoms with E-state index in [0.717, 1.165) is 79.3 Å². The number of nitrogens with zero attached hydrogens (tertiary/aromatic N) is 3. The minimum atomic E-state index is -0.377. The lowest BCUT2D eigenvalue weighted by molar-refractivity contribution is 0.0901. The van der Waals surface area contributed by atoms with Gasteiger partial charge in [0, 0.05) is 54.3 Å². The lowest BCUT2D eigenvalue weighted by Gasteiger charge is -2.30. The van der Waals surface area contributed by atoms with Crippen LogP contribution < -0.4 is 19.5 Å². The van der Waals surface area contributed by atoms with Gasteiger partial charge in [-0.2, -0.15) is 5.26 Å². The van der Waals surface area contributed by atoms with E-state index in [4.69, 9.17) is 37.4 Å². The number of hydrogen-bond acceptors (Lipinski definition) is 8. The number of ether oxygens (including phenoxy) is 3. The molecule has 1 saturated carbocycles. The van der Waals surface area contributed by atoms with E-state index in [0.29, 0.717) is 46.0 Å². The summed E-state index contributed by atoms with van der Waals surface area (Å²) in [6.45, 7) is 4.77. The Kier molecular flexibility index (Phi) is 11.6. The molecule has 3 atom stereocenters. The lowest BCUT2D eigenvalue weighted by Crippen LogP contribution is -2.41. The fraction of sp³-hybridized carbons (Fsp3) is 0.415. The van der Waals surface area contributed by atoms with Crippen molar-refractivity contribution in [3.8, 4) is 34.4 Å². The minimum Gasteiger partial charge on any atom is -0.492 e. The number of nitrogens with one attached hydrogen (secondary N) is 1. The van der Waals surface area contributed by atoms with Crippen LogP contribution in [0.5, 0.6) is 17.2 Å². The van der Waals surface area contributed by atoms with E-state index in [1.54, 1.807) is 12.3 Å². The topological polar surface area (TPSA) is 99.9 Å². The van der Waals surface area contributed by atoms with Crippen molar-refractivity contribution in [3.63, 3.8) is 0 Å². The van der Waals surface area contributed by atoms with Crippen LogP contribution in [0.2, 0.25) is 10.0 Å². The molecule has 1 saturated heterocycles. The Morgan fingerprint density at radius 3 is 2.59 bits per heavy atom. The molecular weight excluding hydrogens is 683 g/mol. The van der Waals surface area contributed by atoms with Gasteiger partial charge in [-0.25, -0.2) is 0 Å². The zero-order valence-electron chi connectivity index (χ0n) is 28.8. The highest BCUT2D eigenvalue weighted by Gasteiger charge is 2.29. The number of rotatable bonds is 14. The predicted molar refractivity (Wildman–Crippen MR) is 200 cm³/mol. The monoisotopic (exact) mass is 726 g/mol. The Hall–Kier alpha value is -3.84. The first-order chi connectivity index (χ1) is 25.0. The summed E-state index contributed by atoms with van der Waals surface area (Å²) in [7, 11) is 0. The molecule has 1 aromatic heterocycles. The number of aliphatic hydroxyl groups is 1. The van der Waals surface area contributed by atoms with E-state index in [2.05, 4.69) is 45.5 Å². The van der Waals surface area contributed by atoms with Gasteiger partial charge in [-0.3, -0.25) is 4.98 Å². The van der Waals surface area contributed by atoms with Crippen LogP contribution in [-0.2, 0) is 19.6 Å². The van der Waals surface area contributed by atoms with Crippen molar-refractivity contribution >= 4 is 23.2 Å². The molecule has 8 nitrogen and oxygen atoms in total. The van der Waals surface area contributed by atoms with Gasteiger partial charge in [0.15, 0.2) is 0 Å². The molecule has 0 amide bonds. The van der Waals surface area contributed by atoms with Gasteiger partial charge in [-0.05, 0) is 86.5 Å². The van der Waals surface area contributed by atoms with Crippen molar-refractivity contribution in [1.29, 1.82) is 5.26 Å². The van der Waals surface area contributed by atoms with Crippen LogP contribution in [0, 0.1) is 11.3 Å². The molecular formula is C41H44Cl2N4O4. The molecule has 3 aromatic carbocycles. The highest BCUT2D eigenvalue weighted by atomic mass is 35.5. The standard InChI is InChI=1S/C41H44Cl2N4O4/c42-34-20-29(25-46-35-10-1-2-11-36(35)48)39(50-26-28-19-27(22-44)23-45-24-28)21-40(34)51-37-14-13-31-30(7-3-8-32(31)37)33-9-4-12-38(41(33)43)49-18-6-17-47-15-5-16-47/h3-4,7-9,12,19-21,23-24,35-37,46,48H,1-2,5-6,10-11,13-18,25-26H2/t35-,36+,37+/m1/s1. The van der Waals surface area contributed by atoms with Crippen LogP contribution in [0.25, 0.3) is 11.1 Å². The number of likely N-dealkylation sites (tertiary alicyclic amines) is 1. The summed E-state index contributed by atoms with van der Waals surface area (Å²) in [5, 5.41) is 24.5. The van der Waals surface area contributed by atoms with E-state index in [1.807, 2.05) is 24.3 Å². The maximum Gasteiger partial charge on any atom is 0.142 e. The van der Waals surface area contributed by atoms with Gasteiger partial charge in [0.1, 0.15) is 36.0 Å². The van der Waals surface area contributed by atoms with Crippen molar-refractivity contribution in [2.24, 2.45) is 0 Å². The van der Waals surface area contributed by atoms with Gasteiger partial charge in [-0.15, -0.1) is 0 Å². The van der Waals surface area contributed by atoms with Gasteiger partial charge in [0.05, 0.1) is 28.3 Å². The average molecular weight is 728 g/mol. The third kappa shape index (κ3) is 8.46. The molecule has 4 aromatic rings. The number of benzene rings is 3. The number of pyridine rings is 1. The van der Waals surface area contributed by atoms with Gasteiger partial charge in [-0.1, -0.05) is 66.4 Å². The SMILES string of the molecule is N#Cc1cncc(COc2cc(O[C@H]3CCc4c(-c5cccc(OCCCN6CCC6)c5Cl)cccc43)c(Cl)cc2CN[C@@H]2CCCC[C@@H]2O)c1. The van der Waals surface area contributed by atoms with Gasteiger partial charge in [0.2, 0.25) is 0 Å². The van der Waals surface area contributed by atoms with Crippen molar-refractivity contribution in [1.82, 2.24) is 15.2 Å². The number of fused-ring (bicyclic) bond motifs is 1. The Bertz CT molecular complexity index is 1880. The van der Waals surface area contributed by atoms with E-state index < -0.39 is 0 Å². The van der Waals surface area contributed by atoms with Crippen LogP contribution in [-0.4, -0.2) is 53.4 Å². The molecule has 2 heterocycles. The van der Waals surface area contributed by atoms with E-state index in [-0.39, 0.29) is 24.9 Å². The first kappa shape index (κ1) is 35.6. The van der Waals surface area contributed by atoms with Gasteiger partial charge >= 0.3 is 0 Å². The average Bonchev–Trinajstić information content (AvgIpc) is 3.54. The molecule has 51 heavy (non-hydrogen) atoms. The second-order valence-electron chi connectivity index (χ2n) is 13.7. The fourth-order valence-corrected chi connectivity index (χ4v) is 7.88. The molecule has 0 spiro atoms. The third-order valence-corrected chi connectivity index (χ3v) is 11.0. The second kappa shape index (κ2) is 16.7. The molecule has 2 fully saturated rings. The molecule has 1 aliphatic heterocycles. The predicted octanol–water partition coefficient (Wildman–Crippen LogP) is 8.44. The molecule has 266 valence electrons. The number of aromatic nitrogens is 1. The van der Waals surface area contributed by atoms with E-state index in [1.165, 1.54) is 31.3 Å². The van der Waals surface area contributed by atoms with Crippen LogP contribution in [0.4, 0.5) is 0 Å². The second-order valence-corrected chi connectivity index (χ2v) is 14.5. The molecule has 7 rings (SSSR count). The summed E-state index contributed by atoms with van der Waals surface area (Å²) >= 11 is 13.9. The van der Waals surface area contributed by atoms with Crippen molar-refractivity contribution in [2.75, 3.05) is 26.2 Å². The number of hydrogen-bond donors (Lipinski definition) is 2. The fourth-order valence-electron chi connectivity index (χ4n) is 7.37. The Balaban J connectivity index is 1.10. The lowest BCUT2D eigenvalue weighted by atomic mass is 9.92. The summed E-state index contributed by atoms with van der Waals surface area (Å²) < 4.78 is 19.2. The summed E-state index contributed by atoms with van der Waals surface area (Å²) in [5.41, 5.74) is 6.48. The summed E-state index contributed by atoms with van der Waals surface area (Å²) in [6.07, 6.45) is 10.4. The summed E-state index contributed by atoms with van der Waals surface area (Å²) in [5.74, 6) is 1.87. The molecule has 2 N–H and O–H groups in total. The molecule has 2 aliphatic carbocycles.